The van der Waals surface area contributed by atoms with Gasteiger partial charge in [0.1, 0.15) is 23.6 Å². The Morgan fingerprint density at radius 3 is 2.26 bits per heavy atom. The van der Waals surface area contributed by atoms with Gasteiger partial charge in [-0.15, -0.1) is 0 Å². The van der Waals surface area contributed by atoms with E-state index in [2.05, 4.69) is 15.6 Å². The third-order valence-electron chi connectivity index (χ3n) is 8.54. The summed E-state index contributed by atoms with van der Waals surface area (Å²) in [5, 5.41) is 5.71. The van der Waals surface area contributed by atoms with Gasteiger partial charge in [-0.25, -0.2) is 24.4 Å². The summed E-state index contributed by atoms with van der Waals surface area (Å²) in [5.41, 5.74) is 0.521. The van der Waals surface area contributed by atoms with Crippen molar-refractivity contribution in [2.45, 2.75) is 90.8 Å². The number of aromatic nitrogens is 2. The number of amides is 2. The van der Waals surface area contributed by atoms with Gasteiger partial charge in [-0.1, -0.05) is 48.2 Å². The largest absolute Gasteiger partial charge is 0.518 e. The molecule has 2 N–H and O–H groups in total. The molecule has 2 aromatic rings. The number of hydrogen-bond donors (Lipinski definition) is 2. The van der Waals surface area contributed by atoms with Crippen LogP contribution in [0.4, 0.5) is 20.2 Å². The molecule has 2 fully saturated rings. The number of carbonyl (C=O) groups is 5. The zero-order valence-corrected chi connectivity index (χ0v) is 33.9. The fourth-order valence-electron chi connectivity index (χ4n) is 5.75. The molecule has 2 aliphatic heterocycles. The molecule has 4 atom stereocenters. The summed E-state index contributed by atoms with van der Waals surface area (Å²) < 4.78 is 49.7. The van der Waals surface area contributed by atoms with Crippen LogP contribution in [0.2, 0.25) is 0 Å². The Labute approximate surface area is 332 Å². The average molecular weight is 820 g/mol. The first-order chi connectivity index (χ1) is 27.3. The third-order valence-corrected chi connectivity index (χ3v) is 9.61. The van der Waals surface area contributed by atoms with E-state index in [0.717, 1.165) is 12.8 Å². The number of ketones is 1. The lowest BCUT2D eigenvalue weighted by atomic mass is 10.0. The van der Waals surface area contributed by atoms with Crippen LogP contribution in [-0.4, -0.2) is 134 Å². The topological polar surface area (TPSA) is 223 Å². The number of carbonyl (C=O) groups excluding carboxylic acids is 5. The van der Waals surface area contributed by atoms with Crippen molar-refractivity contribution in [1.29, 1.82) is 0 Å². The maximum absolute atomic E-state index is 14.4. The van der Waals surface area contributed by atoms with Gasteiger partial charge in [0.05, 0.1) is 24.9 Å². The summed E-state index contributed by atoms with van der Waals surface area (Å²) in [4.78, 5) is 78.9. The van der Waals surface area contributed by atoms with Gasteiger partial charge in [0.15, 0.2) is 11.6 Å². The predicted octanol–water partition coefficient (Wildman–Crippen LogP) is 4.41. The Morgan fingerprint density at radius 2 is 1.65 bits per heavy atom. The van der Waals surface area contributed by atoms with Crippen LogP contribution in [0.25, 0.3) is 11.4 Å². The summed E-state index contributed by atoms with van der Waals surface area (Å²) in [5.74, 6) is -0.854. The van der Waals surface area contributed by atoms with E-state index >= 15 is 0 Å². The summed E-state index contributed by atoms with van der Waals surface area (Å²) >= 11 is 0. The molecule has 1 aromatic heterocycles. The van der Waals surface area contributed by atoms with Crippen LogP contribution >= 0.6 is 8.03 Å². The summed E-state index contributed by atoms with van der Waals surface area (Å²) in [7, 11) is -1.46. The molecule has 0 radical (unpaired) electrons. The normalized spacial score (nSPS) is 17.6. The lowest BCUT2D eigenvalue weighted by molar-refractivity contribution is -0.203. The number of Topliss-reactive ketones (excluding diaryl/α,β-unsaturated/α-hetero) is 1. The maximum Gasteiger partial charge on any atom is 0.518 e. The quantitative estimate of drug-likeness (QED) is 0.0699. The van der Waals surface area contributed by atoms with Gasteiger partial charge >= 0.3 is 32.9 Å². The number of piperazine rings is 1. The molecule has 19 nitrogen and oxygen atoms in total. The van der Waals surface area contributed by atoms with E-state index in [1.54, 1.807) is 31.4 Å². The lowest BCUT2D eigenvalue weighted by Crippen LogP contribution is -2.61. The van der Waals surface area contributed by atoms with Gasteiger partial charge in [0.2, 0.25) is 6.16 Å². The highest BCUT2D eigenvalue weighted by molar-refractivity contribution is 7.39. The molecule has 312 valence electrons. The van der Waals surface area contributed by atoms with E-state index in [-0.39, 0.29) is 37.3 Å². The number of nitrogens with one attached hydrogen (secondary N) is 2. The van der Waals surface area contributed by atoms with Gasteiger partial charge in [-0.2, -0.15) is 0 Å². The Hall–Kier alpha value is -4.97. The molecule has 0 aliphatic carbocycles. The monoisotopic (exact) mass is 819 g/mol. The minimum Gasteiger partial charge on any atom is -0.449 e. The fraction of sp³-hybridized carbons (Fsp3) is 0.595. The fourth-order valence-corrected chi connectivity index (χ4v) is 6.68. The molecule has 2 saturated heterocycles. The van der Waals surface area contributed by atoms with Gasteiger partial charge in [0.25, 0.3) is 5.91 Å². The van der Waals surface area contributed by atoms with Crippen LogP contribution in [0.15, 0.2) is 36.4 Å². The van der Waals surface area contributed by atoms with Crippen molar-refractivity contribution in [2.24, 2.45) is 0 Å². The van der Waals surface area contributed by atoms with E-state index in [9.17, 15) is 28.5 Å². The van der Waals surface area contributed by atoms with Crippen molar-refractivity contribution in [3.8, 4) is 11.4 Å². The first-order valence-corrected chi connectivity index (χ1v) is 20.2. The van der Waals surface area contributed by atoms with Crippen LogP contribution in [0.3, 0.4) is 0 Å². The molecule has 20 heteroatoms. The number of benzene rings is 1. The van der Waals surface area contributed by atoms with Crippen molar-refractivity contribution < 1.29 is 61.5 Å². The SMILES string of the molecule is CCCCOC(=O)N1CCNCC1C(=O)C(C[P+](=O)OC(OC(=O)OC(C)C)OC(=O)OC(C)C)NC(=O)c1cc(N2CCC(OC)C2)nc(-c2ccccc2)n1. The first kappa shape index (κ1) is 44.7. The third kappa shape index (κ3) is 13.9. The minimum atomic E-state index is -3.08. The van der Waals surface area contributed by atoms with Crippen LogP contribution < -0.4 is 15.5 Å². The molecule has 3 heterocycles. The molecular weight excluding hydrogens is 767 g/mol. The van der Waals surface area contributed by atoms with E-state index < -0.39 is 75.1 Å². The highest BCUT2D eigenvalue weighted by atomic mass is 31.1. The smallest absolute Gasteiger partial charge is 0.449 e. The molecule has 4 unspecified atom stereocenters. The number of unbranched alkanes of at least 4 members (excludes halogenated alkanes) is 1. The van der Waals surface area contributed by atoms with Crippen LogP contribution in [-0.2, 0) is 42.3 Å². The highest BCUT2D eigenvalue weighted by Gasteiger charge is 2.43. The number of anilines is 1. The second-order valence-corrected chi connectivity index (χ2v) is 14.9. The summed E-state index contributed by atoms with van der Waals surface area (Å²) in [6.45, 7) is 7.59. The lowest BCUT2D eigenvalue weighted by Gasteiger charge is -2.35. The summed E-state index contributed by atoms with van der Waals surface area (Å²) in [6, 6.07) is 7.73. The first-order valence-electron chi connectivity index (χ1n) is 18.8. The van der Waals surface area contributed by atoms with E-state index in [1.807, 2.05) is 17.9 Å². The molecule has 57 heavy (non-hydrogen) atoms. The van der Waals surface area contributed by atoms with Crippen molar-refractivity contribution in [3.05, 3.63) is 42.1 Å². The zero-order valence-electron chi connectivity index (χ0n) is 33.0. The second kappa shape index (κ2) is 22.1. The van der Waals surface area contributed by atoms with Gasteiger partial charge < -0.3 is 44.0 Å². The minimum absolute atomic E-state index is 0.00586. The molecule has 1 aromatic carbocycles. The molecule has 0 saturated carbocycles. The Kier molecular flexibility index (Phi) is 17.3. The van der Waals surface area contributed by atoms with Gasteiger partial charge in [0, 0.05) is 51.5 Å². The number of hydrogen-bond acceptors (Lipinski definition) is 17. The zero-order chi connectivity index (χ0) is 41.5. The van der Waals surface area contributed by atoms with Crippen molar-refractivity contribution in [3.63, 3.8) is 0 Å². The molecule has 0 spiro atoms. The highest BCUT2D eigenvalue weighted by Crippen LogP contribution is 2.29. The average Bonchev–Trinajstić information content (AvgIpc) is 3.66. The predicted molar refractivity (Wildman–Crippen MR) is 204 cm³/mol. The number of rotatable bonds is 18. The van der Waals surface area contributed by atoms with Crippen molar-refractivity contribution >= 4 is 43.9 Å². The molecule has 0 bridgehead atoms. The van der Waals surface area contributed by atoms with E-state index in [4.69, 9.17) is 37.9 Å². The molecule has 4 rings (SSSR count). The molecule has 2 aliphatic rings. The van der Waals surface area contributed by atoms with Gasteiger partial charge in [-0.05, 0) is 45.1 Å². The second-order valence-electron chi connectivity index (χ2n) is 13.7. The Bertz CT molecular complexity index is 1680. The summed E-state index contributed by atoms with van der Waals surface area (Å²) in [6.07, 6.45) is -3.27. The number of ether oxygens (including phenoxy) is 6. The van der Waals surface area contributed by atoms with Crippen molar-refractivity contribution in [2.75, 3.05) is 57.5 Å². The molecular formula is C37H52N6O13P+. The maximum atomic E-state index is 14.4. The Balaban J connectivity index is 1.66. The van der Waals surface area contributed by atoms with Crippen LogP contribution in [0, 0.1) is 0 Å². The van der Waals surface area contributed by atoms with Crippen LogP contribution in [0.1, 0.15) is 64.4 Å². The number of nitrogens with zero attached hydrogens (tertiary/aromatic N) is 4. The number of methoxy groups -OCH3 is 1. The standard InChI is InChI=1S/C37H51N6O13P/c1-7-8-18-51-34(46)43-17-15-38-20-29(43)31(44)28(22-57(49)56-37(54-35(47)52-23(2)3)55-36(48)53-24(4)5)40-33(45)27-19-30(42-16-14-26(21-42)50-6)41-32(39-27)25-12-10-9-11-13-25/h9-13,19,23-24,26,28-29,37-38H,7-8,14-18,20-22H2,1-6H3/p+1. The van der Waals surface area contributed by atoms with E-state index in [1.165, 1.54) is 38.7 Å². The van der Waals surface area contributed by atoms with Crippen molar-refractivity contribution in [1.82, 2.24) is 25.5 Å². The molecule has 2 amide bonds. The Morgan fingerprint density at radius 1 is 0.965 bits per heavy atom. The van der Waals surface area contributed by atoms with Gasteiger partial charge in [-0.3, -0.25) is 14.5 Å². The van der Waals surface area contributed by atoms with E-state index in [0.29, 0.717) is 37.4 Å². The van der Waals surface area contributed by atoms with Crippen LogP contribution in [0.5, 0.6) is 0 Å².